The Bertz CT molecular complexity index is 635. The van der Waals surface area contributed by atoms with Crippen molar-refractivity contribution in [3.05, 3.63) is 48.0 Å². The van der Waals surface area contributed by atoms with Crippen LogP contribution in [0.3, 0.4) is 0 Å². The lowest BCUT2D eigenvalue weighted by Gasteiger charge is -2.41. The van der Waals surface area contributed by atoms with E-state index in [9.17, 15) is 0 Å². The van der Waals surface area contributed by atoms with Crippen LogP contribution in [0.2, 0.25) is 0 Å². The fourth-order valence-electron chi connectivity index (χ4n) is 2.93. The maximum atomic E-state index is 2.43. The van der Waals surface area contributed by atoms with Crippen LogP contribution in [0.1, 0.15) is 26.3 Å². The van der Waals surface area contributed by atoms with E-state index in [1.807, 2.05) is 11.8 Å². The Morgan fingerprint density at radius 2 is 1.62 bits per heavy atom. The monoisotopic (exact) mass is 298 g/mol. The van der Waals surface area contributed by atoms with E-state index in [1.54, 1.807) is 0 Å². The van der Waals surface area contributed by atoms with Crippen LogP contribution in [-0.4, -0.2) is 18.1 Å². The van der Waals surface area contributed by atoms with Gasteiger partial charge in [-0.05, 0) is 30.2 Å². The zero-order valence-corrected chi connectivity index (χ0v) is 13.8. The molecule has 0 saturated carbocycles. The van der Waals surface area contributed by atoms with E-state index >= 15 is 0 Å². The third-order valence-corrected chi connectivity index (χ3v) is 5.12. The maximum Gasteiger partial charge on any atom is 0.0752 e. The number of hydrazine groups is 1. The number of nitrogens with zero attached hydrogens (tertiary/aromatic N) is 2. The molecule has 110 valence electrons. The Morgan fingerprint density at radius 1 is 0.905 bits per heavy atom. The number of para-hydroxylation sites is 2. The first-order valence-corrected chi connectivity index (χ1v) is 8.55. The van der Waals surface area contributed by atoms with Crippen LogP contribution in [0.15, 0.2) is 52.3 Å². The van der Waals surface area contributed by atoms with E-state index < -0.39 is 0 Å². The molecule has 1 aliphatic rings. The Kier molecular flexibility index (Phi) is 4.22. The van der Waals surface area contributed by atoms with Crippen molar-refractivity contribution in [2.45, 2.75) is 37.0 Å². The van der Waals surface area contributed by atoms with Gasteiger partial charge in [0, 0.05) is 22.9 Å². The Hall–Kier alpha value is -1.45. The highest BCUT2D eigenvalue weighted by atomic mass is 32.2. The van der Waals surface area contributed by atoms with E-state index in [0.717, 1.165) is 19.5 Å². The molecular formula is C18H22N2S. The number of anilines is 2. The van der Waals surface area contributed by atoms with Crippen LogP contribution in [-0.2, 0) is 6.42 Å². The number of aryl methyl sites for hydroxylation is 1. The van der Waals surface area contributed by atoms with Crippen molar-refractivity contribution in [1.29, 1.82) is 0 Å². The van der Waals surface area contributed by atoms with Gasteiger partial charge in [-0.3, -0.25) is 5.01 Å². The molecular weight excluding hydrogens is 276 g/mol. The normalized spacial score (nSPS) is 13.2. The lowest BCUT2D eigenvalue weighted by molar-refractivity contribution is 0.305. The minimum absolute atomic E-state index is 1.01. The van der Waals surface area contributed by atoms with Crippen molar-refractivity contribution >= 4 is 23.1 Å². The van der Waals surface area contributed by atoms with Crippen molar-refractivity contribution in [1.82, 2.24) is 5.01 Å². The summed E-state index contributed by atoms with van der Waals surface area (Å²) >= 11 is 1.89. The van der Waals surface area contributed by atoms with Gasteiger partial charge in [-0.15, -0.1) is 0 Å². The molecule has 0 fully saturated rings. The first kappa shape index (κ1) is 14.5. The molecule has 0 N–H and O–H groups in total. The summed E-state index contributed by atoms with van der Waals surface area (Å²) in [7, 11) is 0. The molecule has 0 aromatic heterocycles. The Morgan fingerprint density at radius 3 is 2.33 bits per heavy atom. The van der Waals surface area contributed by atoms with Crippen molar-refractivity contribution < 1.29 is 0 Å². The van der Waals surface area contributed by atoms with Gasteiger partial charge in [0.2, 0.25) is 0 Å². The number of fused-ring (bicyclic) bond motifs is 2. The van der Waals surface area contributed by atoms with Crippen molar-refractivity contribution in [3.8, 4) is 0 Å². The number of hydrogen-bond donors (Lipinski definition) is 0. The summed E-state index contributed by atoms with van der Waals surface area (Å²) in [6.07, 6.45) is 1.06. The lowest BCUT2D eigenvalue weighted by Crippen LogP contribution is -2.41. The molecule has 0 bridgehead atoms. The second-order valence-corrected chi connectivity index (χ2v) is 6.22. The highest BCUT2D eigenvalue weighted by Crippen LogP contribution is 2.50. The van der Waals surface area contributed by atoms with Gasteiger partial charge in [-0.25, -0.2) is 5.01 Å². The van der Waals surface area contributed by atoms with Crippen molar-refractivity contribution in [3.63, 3.8) is 0 Å². The van der Waals surface area contributed by atoms with Crippen LogP contribution in [0.25, 0.3) is 0 Å². The zero-order valence-electron chi connectivity index (χ0n) is 13.0. The summed E-state index contributed by atoms with van der Waals surface area (Å²) in [4.78, 5) is 2.70. The van der Waals surface area contributed by atoms with Crippen molar-refractivity contribution in [2.75, 3.05) is 18.1 Å². The summed E-state index contributed by atoms with van der Waals surface area (Å²) in [5.74, 6) is 0. The molecule has 3 heteroatoms. The molecule has 0 radical (unpaired) electrons. The second-order valence-electron chi connectivity index (χ2n) is 5.14. The van der Waals surface area contributed by atoms with Gasteiger partial charge in [-0.1, -0.05) is 56.8 Å². The molecule has 0 unspecified atom stereocenters. The fraction of sp³-hybridized carbons (Fsp3) is 0.333. The second kappa shape index (κ2) is 6.12. The molecule has 0 saturated heterocycles. The molecule has 1 heterocycles. The molecule has 0 spiro atoms. The van der Waals surface area contributed by atoms with Gasteiger partial charge >= 0.3 is 0 Å². The lowest BCUT2D eigenvalue weighted by atomic mass is 10.1. The van der Waals surface area contributed by atoms with Crippen molar-refractivity contribution in [2.24, 2.45) is 0 Å². The number of benzene rings is 2. The van der Waals surface area contributed by atoms with Gasteiger partial charge in [0.25, 0.3) is 0 Å². The fourth-order valence-corrected chi connectivity index (χ4v) is 4.04. The van der Waals surface area contributed by atoms with Crippen LogP contribution in [0.5, 0.6) is 0 Å². The topological polar surface area (TPSA) is 6.48 Å². The summed E-state index contributed by atoms with van der Waals surface area (Å²) in [6, 6.07) is 15.4. The molecule has 1 aliphatic heterocycles. The van der Waals surface area contributed by atoms with Crippen LogP contribution in [0.4, 0.5) is 11.4 Å². The van der Waals surface area contributed by atoms with E-state index in [0.29, 0.717) is 0 Å². The smallest absolute Gasteiger partial charge is 0.0752 e. The van der Waals surface area contributed by atoms with E-state index in [-0.39, 0.29) is 0 Å². The predicted octanol–water partition coefficient (Wildman–Crippen LogP) is 5.11. The predicted molar refractivity (Wildman–Crippen MR) is 91.4 cm³/mol. The van der Waals surface area contributed by atoms with E-state index in [4.69, 9.17) is 0 Å². The van der Waals surface area contributed by atoms with Gasteiger partial charge in [0.05, 0.1) is 11.4 Å². The third-order valence-electron chi connectivity index (χ3n) is 4.00. The first-order valence-electron chi connectivity index (χ1n) is 7.73. The number of hydrogen-bond acceptors (Lipinski definition) is 3. The largest absolute Gasteiger partial charge is 0.272 e. The third kappa shape index (κ3) is 2.45. The van der Waals surface area contributed by atoms with Gasteiger partial charge in [0.15, 0.2) is 0 Å². The zero-order chi connectivity index (χ0) is 14.8. The molecule has 21 heavy (non-hydrogen) atoms. The molecule has 0 aliphatic carbocycles. The SMILES string of the molecule is CCc1cccc2c1N(N(CC)CC)c1ccccc1S2. The van der Waals surface area contributed by atoms with Gasteiger partial charge in [0.1, 0.15) is 0 Å². The first-order chi connectivity index (χ1) is 10.3. The maximum absolute atomic E-state index is 2.43. The molecule has 2 aromatic carbocycles. The average Bonchev–Trinajstić information content (AvgIpc) is 2.54. The minimum atomic E-state index is 1.01. The Labute approximate surface area is 131 Å². The summed E-state index contributed by atoms with van der Waals surface area (Å²) in [6.45, 7) is 8.70. The summed E-state index contributed by atoms with van der Waals surface area (Å²) in [5.41, 5.74) is 4.09. The molecule has 0 atom stereocenters. The highest BCUT2D eigenvalue weighted by molar-refractivity contribution is 7.99. The summed E-state index contributed by atoms with van der Waals surface area (Å²) in [5, 5.41) is 4.84. The molecule has 2 nitrogen and oxygen atoms in total. The quantitative estimate of drug-likeness (QED) is 0.774. The molecule has 0 amide bonds. The Balaban J connectivity index is 2.22. The van der Waals surface area contributed by atoms with E-state index in [1.165, 1.54) is 26.7 Å². The van der Waals surface area contributed by atoms with Crippen LogP contribution >= 0.6 is 11.8 Å². The number of rotatable bonds is 4. The molecule has 3 rings (SSSR count). The standard InChI is InChI=1S/C18H22N2S/c1-4-14-10-9-13-17-18(14)20(19(5-2)6-3)15-11-7-8-12-16(15)21-17/h7-13H,4-6H2,1-3H3. The summed E-state index contributed by atoms with van der Waals surface area (Å²) < 4.78 is 0. The van der Waals surface area contributed by atoms with Gasteiger partial charge in [-0.2, -0.15) is 0 Å². The highest BCUT2D eigenvalue weighted by Gasteiger charge is 2.28. The van der Waals surface area contributed by atoms with E-state index in [2.05, 4.69) is 73.3 Å². The van der Waals surface area contributed by atoms with Crippen LogP contribution in [0, 0.1) is 0 Å². The van der Waals surface area contributed by atoms with Crippen LogP contribution < -0.4 is 5.01 Å². The minimum Gasteiger partial charge on any atom is -0.272 e. The van der Waals surface area contributed by atoms with Gasteiger partial charge < -0.3 is 0 Å². The molecule has 2 aromatic rings. The average molecular weight is 298 g/mol.